The maximum absolute atomic E-state index is 12.1. The van der Waals surface area contributed by atoms with Gasteiger partial charge in [0.1, 0.15) is 0 Å². The predicted molar refractivity (Wildman–Crippen MR) is 86.9 cm³/mol. The van der Waals surface area contributed by atoms with Gasteiger partial charge in [-0.2, -0.15) is 0 Å². The molecule has 0 aliphatic rings. The smallest absolute Gasteiger partial charge is 0.232 e. The predicted octanol–water partition coefficient (Wildman–Crippen LogP) is 2.37. The quantitative estimate of drug-likeness (QED) is 0.735. The molecule has 6 heteroatoms. The van der Waals surface area contributed by atoms with Crippen LogP contribution < -0.4 is 10.0 Å². The number of hydrogen-bond donors (Lipinski definition) is 2. The fraction of sp³-hybridized carbons (Fsp3) is 0.400. The first kappa shape index (κ1) is 15.7. The van der Waals surface area contributed by atoms with E-state index >= 15 is 0 Å². The molecule has 5 nitrogen and oxygen atoms in total. The zero-order chi connectivity index (χ0) is 15.1. The Morgan fingerprint density at radius 3 is 2.81 bits per heavy atom. The molecule has 0 atom stereocenters. The van der Waals surface area contributed by atoms with Crippen molar-refractivity contribution in [3.8, 4) is 0 Å². The summed E-state index contributed by atoms with van der Waals surface area (Å²) < 4.78 is 26.9. The molecule has 0 fully saturated rings. The molecule has 2 aromatic rings. The minimum absolute atomic E-state index is 0.134. The van der Waals surface area contributed by atoms with Crippen LogP contribution >= 0.6 is 0 Å². The highest BCUT2D eigenvalue weighted by molar-refractivity contribution is 7.92. The van der Waals surface area contributed by atoms with E-state index in [1.165, 1.54) is 0 Å². The Labute approximate surface area is 125 Å². The molecule has 0 spiro atoms. The van der Waals surface area contributed by atoms with Gasteiger partial charge in [-0.3, -0.25) is 9.71 Å². The standard InChI is InChI=1S/C15H21N3O2S/c1-2-16-10-3-4-12-21(19,20)18-15-9-5-8-14-13(15)7-6-11-17-14/h5-9,11,16,18H,2-4,10,12H2,1H3. The van der Waals surface area contributed by atoms with Crippen LogP contribution in [0.15, 0.2) is 36.5 Å². The first-order valence-corrected chi connectivity index (χ1v) is 8.82. The zero-order valence-corrected chi connectivity index (χ0v) is 13.0. The van der Waals surface area contributed by atoms with E-state index in [4.69, 9.17) is 0 Å². The van der Waals surface area contributed by atoms with E-state index in [9.17, 15) is 8.42 Å². The van der Waals surface area contributed by atoms with E-state index in [1.807, 2.05) is 19.1 Å². The highest BCUT2D eigenvalue weighted by Gasteiger charge is 2.11. The van der Waals surface area contributed by atoms with Crippen molar-refractivity contribution in [2.24, 2.45) is 0 Å². The zero-order valence-electron chi connectivity index (χ0n) is 12.2. The lowest BCUT2D eigenvalue weighted by molar-refractivity contribution is 0.593. The molecular weight excluding hydrogens is 286 g/mol. The molecule has 0 radical (unpaired) electrons. The Morgan fingerprint density at radius 1 is 1.14 bits per heavy atom. The number of nitrogens with one attached hydrogen (secondary N) is 2. The second-order valence-electron chi connectivity index (χ2n) is 4.86. The number of pyridine rings is 1. The van der Waals surface area contributed by atoms with Gasteiger partial charge in [0.2, 0.25) is 10.0 Å². The van der Waals surface area contributed by atoms with Crippen LogP contribution in [0.3, 0.4) is 0 Å². The van der Waals surface area contributed by atoms with Gasteiger partial charge < -0.3 is 5.32 Å². The van der Waals surface area contributed by atoms with Crippen LogP contribution in [-0.2, 0) is 10.0 Å². The molecule has 2 rings (SSSR count). The molecule has 2 N–H and O–H groups in total. The van der Waals surface area contributed by atoms with E-state index in [2.05, 4.69) is 15.0 Å². The molecule has 1 heterocycles. The molecule has 1 aromatic heterocycles. The van der Waals surface area contributed by atoms with Crippen molar-refractivity contribution in [1.82, 2.24) is 10.3 Å². The van der Waals surface area contributed by atoms with E-state index in [-0.39, 0.29) is 5.75 Å². The van der Waals surface area contributed by atoms with Gasteiger partial charge in [0, 0.05) is 11.6 Å². The average Bonchev–Trinajstić information content (AvgIpc) is 2.47. The topological polar surface area (TPSA) is 71.1 Å². The Kier molecular flexibility index (Phi) is 5.52. The molecule has 21 heavy (non-hydrogen) atoms. The third kappa shape index (κ3) is 4.68. The van der Waals surface area contributed by atoms with Gasteiger partial charge in [0.05, 0.1) is 17.0 Å². The van der Waals surface area contributed by atoms with Crippen molar-refractivity contribution in [2.45, 2.75) is 19.8 Å². The molecule has 0 unspecified atom stereocenters. The largest absolute Gasteiger partial charge is 0.317 e. The van der Waals surface area contributed by atoms with Crippen molar-refractivity contribution in [3.63, 3.8) is 0 Å². The number of rotatable bonds is 8. The Hall–Kier alpha value is -1.66. The number of hydrogen-bond acceptors (Lipinski definition) is 4. The van der Waals surface area contributed by atoms with Gasteiger partial charge in [0.15, 0.2) is 0 Å². The fourth-order valence-corrected chi connectivity index (χ4v) is 3.33. The van der Waals surface area contributed by atoms with Gasteiger partial charge >= 0.3 is 0 Å². The van der Waals surface area contributed by atoms with E-state index < -0.39 is 10.0 Å². The van der Waals surface area contributed by atoms with Crippen LogP contribution in [0.2, 0.25) is 0 Å². The molecule has 114 valence electrons. The van der Waals surface area contributed by atoms with Gasteiger partial charge in [-0.15, -0.1) is 0 Å². The first-order valence-electron chi connectivity index (χ1n) is 7.17. The van der Waals surface area contributed by atoms with Crippen LogP contribution in [0.25, 0.3) is 10.9 Å². The lowest BCUT2D eigenvalue weighted by Gasteiger charge is -2.10. The molecular formula is C15H21N3O2S. The molecule has 0 amide bonds. The second kappa shape index (κ2) is 7.38. The summed E-state index contributed by atoms with van der Waals surface area (Å²) in [6.07, 6.45) is 3.19. The maximum Gasteiger partial charge on any atom is 0.232 e. The van der Waals surface area contributed by atoms with E-state index in [0.29, 0.717) is 12.1 Å². The third-order valence-corrected chi connectivity index (χ3v) is 4.53. The van der Waals surface area contributed by atoms with Gasteiger partial charge in [0.25, 0.3) is 0 Å². The third-order valence-electron chi connectivity index (χ3n) is 3.18. The molecule has 0 aliphatic heterocycles. The van der Waals surface area contributed by atoms with Gasteiger partial charge in [-0.25, -0.2) is 8.42 Å². The number of aromatic nitrogens is 1. The number of anilines is 1. The Bertz CT molecular complexity index is 681. The molecule has 0 bridgehead atoms. The normalized spacial score (nSPS) is 11.7. The van der Waals surface area contributed by atoms with Crippen LogP contribution in [0.1, 0.15) is 19.8 Å². The van der Waals surface area contributed by atoms with Crippen molar-refractivity contribution < 1.29 is 8.42 Å². The minimum atomic E-state index is -3.32. The van der Waals surface area contributed by atoms with Crippen molar-refractivity contribution in [2.75, 3.05) is 23.6 Å². The summed E-state index contributed by atoms with van der Waals surface area (Å²) >= 11 is 0. The van der Waals surface area contributed by atoms with E-state index in [1.54, 1.807) is 24.4 Å². The summed E-state index contributed by atoms with van der Waals surface area (Å²) in [6, 6.07) is 9.10. The molecule has 0 saturated heterocycles. The molecule has 0 saturated carbocycles. The minimum Gasteiger partial charge on any atom is -0.317 e. The molecule has 0 aliphatic carbocycles. The van der Waals surface area contributed by atoms with Crippen molar-refractivity contribution >= 4 is 26.6 Å². The molecule has 1 aromatic carbocycles. The van der Waals surface area contributed by atoms with Crippen LogP contribution in [0.4, 0.5) is 5.69 Å². The number of nitrogens with zero attached hydrogens (tertiary/aromatic N) is 1. The lowest BCUT2D eigenvalue weighted by atomic mass is 10.2. The van der Waals surface area contributed by atoms with Crippen molar-refractivity contribution in [1.29, 1.82) is 0 Å². The summed E-state index contributed by atoms with van der Waals surface area (Å²) in [5.74, 6) is 0.134. The SMILES string of the molecule is CCNCCCCS(=O)(=O)Nc1cccc2ncccc12. The average molecular weight is 307 g/mol. The lowest BCUT2D eigenvalue weighted by Crippen LogP contribution is -2.19. The maximum atomic E-state index is 12.1. The fourth-order valence-electron chi connectivity index (χ4n) is 2.13. The summed E-state index contributed by atoms with van der Waals surface area (Å²) in [6.45, 7) is 3.80. The number of unbranched alkanes of at least 4 members (excludes halogenated alkanes) is 1. The summed E-state index contributed by atoms with van der Waals surface area (Å²) in [4.78, 5) is 4.22. The second-order valence-corrected chi connectivity index (χ2v) is 6.70. The Balaban J connectivity index is 2.02. The van der Waals surface area contributed by atoms with Crippen molar-refractivity contribution in [3.05, 3.63) is 36.5 Å². The highest BCUT2D eigenvalue weighted by Crippen LogP contribution is 2.22. The van der Waals surface area contributed by atoms with Gasteiger partial charge in [-0.05, 0) is 50.2 Å². The van der Waals surface area contributed by atoms with Crippen LogP contribution in [0.5, 0.6) is 0 Å². The first-order chi connectivity index (χ1) is 10.1. The monoisotopic (exact) mass is 307 g/mol. The van der Waals surface area contributed by atoms with Gasteiger partial charge in [-0.1, -0.05) is 13.0 Å². The summed E-state index contributed by atoms with van der Waals surface area (Å²) in [5.41, 5.74) is 1.37. The van der Waals surface area contributed by atoms with E-state index in [0.717, 1.165) is 30.4 Å². The Morgan fingerprint density at radius 2 is 2.00 bits per heavy atom. The van der Waals surface area contributed by atoms with Crippen LogP contribution in [-0.4, -0.2) is 32.2 Å². The summed E-state index contributed by atoms with van der Waals surface area (Å²) in [7, 11) is -3.32. The van der Waals surface area contributed by atoms with Crippen LogP contribution in [0, 0.1) is 0 Å². The number of fused-ring (bicyclic) bond motifs is 1. The number of sulfonamides is 1. The highest BCUT2D eigenvalue weighted by atomic mass is 32.2. The summed E-state index contributed by atoms with van der Waals surface area (Å²) in [5, 5.41) is 4.00. The number of benzene rings is 1.